The highest BCUT2D eigenvalue weighted by Gasteiger charge is 2.71. The van der Waals surface area contributed by atoms with Crippen molar-refractivity contribution >= 4 is 17.7 Å². The van der Waals surface area contributed by atoms with Crippen molar-refractivity contribution < 1.29 is 14.6 Å². The molecule has 1 N–H and O–H groups in total. The van der Waals surface area contributed by atoms with E-state index in [0.29, 0.717) is 19.6 Å². The van der Waals surface area contributed by atoms with Crippen molar-refractivity contribution in [2.24, 2.45) is 0 Å². The molecule has 166 valence electrons. The lowest BCUT2D eigenvalue weighted by atomic mass is 9.93. The van der Waals surface area contributed by atoms with Gasteiger partial charge in [-0.25, -0.2) is 0 Å². The first-order valence-corrected chi connectivity index (χ1v) is 12.1. The number of fused-ring (bicyclic) bond motifs is 3. The van der Waals surface area contributed by atoms with Gasteiger partial charge < -0.3 is 14.7 Å². The number of amides is 1. The molecule has 1 saturated heterocycles. The molecule has 7 nitrogen and oxygen atoms in total. The summed E-state index contributed by atoms with van der Waals surface area (Å²) >= 11 is 1.80. The first kappa shape index (κ1) is 19.3. The normalized spacial score (nSPS) is 27.0. The van der Waals surface area contributed by atoms with Crippen LogP contribution < -0.4 is 10.4 Å². The van der Waals surface area contributed by atoms with Gasteiger partial charge in [-0.2, -0.15) is 0 Å². The van der Waals surface area contributed by atoms with Crippen molar-refractivity contribution in [2.45, 2.75) is 34.9 Å². The second kappa shape index (κ2) is 6.65. The molecule has 1 spiro atoms. The highest BCUT2D eigenvalue weighted by molar-refractivity contribution is 7.98. The average molecular weight is 460 g/mol. The van der Waals surface area contributed by atoms with E-state index in [2.05, 4.69) is 35.3 Å². The number of rotatable bonds is 1. The molecule has 4 heterocycles. The number of aromatic hydroxyl groups is 1. The molecule has 0 unspecified atom stereocenters. The van der Waals surface area contributed by atoms with Gasteiger partial charge in [0.2, 0.25) is 5.43 Å². The Balaban J connectivity index is 1.56. The SMILES string of the molecule is O=C1c2c(O)c(=O)ccn2N([C@H]2c3ccccc3CSc3ccccc32)[C@@]23C[C@@H]2OCCN13. The van der Waals surface area contributed by atoms with Crippen LogP contribution in [-0.4, -0.2) is 45.5 Å². The van der Waals surface area contributed by atoms with Gasteiger partial charge in [-0.1, -0.05) is 42.5 Å². The van der Waals surface area contributed by atoms with Crippen molar-refractivity contribution in [3.63, 3.8) is 0 Å². The maximum atomic E-state index is 13.6. The minimum Gasteiger partial charge on any atom is -0.502 e. The number of ether oxygens (including phenoxy) is 1. The number of morpholine rings is 1. The fourth-order valence-corrected chi connectivity index (χ4v) is 6.82. The Hall–Kier alpha value is -3.23. The van der Waals surface area contributed by atoms with Gasteiger partial charge in [-0.3, -0.25) is 19.3 Å². The van der Waals surface area contributed by atoms with Gasteiger partial charge in [0.25, 0.3) is 5.91 Å². The van der Waals surface area contributed by atoms with Crippen LogP contribution in [0.15, 0.2) is 70.5 Å². The predicted molar refractivity (Wildman–Crippen MR) is 123 cm³/mol. The molecule has 1 amide bonds. The summed E-state index contributed by atoms with van der Waals surface area (Å²) < 4.78 is 7.79. The van der Waals surface area contributed by atoms with E-state index in [1.165, 1.54) is 16.5 Å². The van der Waals surface area contributed by atoms with Crippen molar-refractivity contribution in [1.29, 1.82) is 0 Å². The lowest BCUT2D eigenvalue weighted by Gasteiger charge is -2.52. The molecule has 4 aliphatic rings. The molecule has 0 radical (unpaired) electrons. The van der Waals surface area contributed by atoms with Gasteiger partial charge in [0.1, 0.15) is 6.10 Å². The lowest BCUT2D eigenvalue weighted by molar-refractivity contribution is -0.0218. The fraction of sp³-hybridized carbons (Fsp3) is 0.280. The zero-order chi connectivity index (χ0) is 22.3. The van der Waals surface area contributed by atoms with E-state index in [0.717, 1.165) is 16.9 Å². The number of hydrogen-bond acceptors (Lipinski definition) is 6. The van der Waals surface area contributed by atoms with E-state index in [9.17, 15) is 14.7 Å². The van der Waals surface area contributed by atoms with E-state index in [-0.39, 0.29) is 23.7 Å². The smallest absolute Gasteiger partial charge is 0.278 e. The number of pyridine rings is 1. The summed E-state index contributed by atoms with van der Waals surface area (Å²) in [6, 6.07) is 17.8. The number of hydrogen-bond donors (Lipinski definition) is 1. The third-order valence-corrected chi connectivity index (χ3v) is 8.40. The summed E-state index contributed by atoms with van der Waals surface area (Å²) in [4.78, 5) is 28.9. The Kier molecular flexibility index (Phi) is 3.88. The molecule has 8 heteroatoms. The highest BCUT2D eigenvalue weighted by atomic mass is 32.2. The maximum absolute atomic E-state index is 13.6. The van der Waals surface area contributed by atoms with Gasteiger partial charge >= 0.3 is 0 Å². The van der Waals surface area contributed by atoms with Crippen molar-refractivity contribution in [3.8, 4) is 5.75 Å². The topological polar surface area (TPSA) is 75.0 Å². The van der Waals surface area contributed by atoms with Crippen LogP contribution in [0, 0.1) is 0 Å². The molecule has 0 bridgehead atoms. The highest BCUT2D eigenvalue weighted by Crippen LogP contribution is 2.56. The minimum absolute atomic E-state index is 0.0209. The summed E-state index contributed by atoms with van der Waals surface area (Å²) in [7, 11) is 0. The van der Waals surface area contributed by atoms with Gasteiger partial charge in [0, 0.05) is 35.9 Å². The summed E-state index contributed by atoms with van der Waals surface area (Å²) in [5.74, 6) is 0.0162. The van der Waals surface area contributed by atoms with Crippen LogP contribution in [0.1, 0.15) is 39.6 Å². The monoisotopic (exact) mass is 459 g/mol. The molecule has 7 rings (SSSR count). The van der Waals surface area contributed by atoms with Gasteiger partial charge in [0.05, 0.1) is 12.6 Å². The number of carbonyl (C=O) groups is 1. The molecule has 1 aromatic heterocycles. The van der Waals surface area contributed by atoms with Crippen LogP contribution in [0.4, 0.5) is 0 Å². The quantitative estimate of drug-likeness (QED) is 0.603. The van der Waals surface area contributed by atoms with E-state index < -0.39 is 16.8 Å². The molecule has 3 aromatic rings. The summed E-state index contributed by atoms with van der Waals surface area (Å²) in [5.41, 5.74) is 2.32. The number of carbonyl (C=O) groups excluding carboxylic acids is 1. The summed E-state index contributed by atoms with van der Waals surface area (Å²) in [6.45, 7) is 0.858. The summed E-state index contributed by atoms with van der Waals surface area (Å²) in [6.07, 6.45) is 2.17. The van der Waals surface area contributed by atoms with Crippen molar-refractivity contribution in [3.05, 3.63) is 93.4 Å². The largest absolute Gasteiger partial charge is 0.502 e. The Labute approximate surface area is 194 Å². The molecule has 33 heavy (non-hydrogen) atoms. The number of aromatic nitrogens is 1. The first-order valence-electron chi connectivity index (χ1n) is 11.1. The summed E-state index contributed by atoms with van der Waals surface area (Å²) in [5, 5.41) is 12.9. The number of benzene rings is 2. The maximum Gasteiger partial charge on any atom is 0.278 e. The molecule has 2 aromatic carbocycles. The Morgan fingerprint density at radius 1 is 1.03 bits per heavy atom. The van der Waals surface area contributed by atoms with Crippen LogP contribution in [0.5, 0.6) is 5.75 Å². The van der Waals surface area contributed by atoms with E-state index >= 15 is 0 Å². The average Bonchev–Trinajstić information content (AvgIpc) is 3.60. The van der Waals surface area contributed by atoms with E-state index in [4.69, 9.17) is 4.74 Å². The lowest BCUT2D eigenvalue weighted by Crippen LogP contribution is -2.68. The fourth-order valence-electron chi connectivity index (χ4n) is 5.73. The number of thioether (sulfide) groups is 1. The molecule has 3 aliphatic heterocycles. The number of nitrogens with zero attached hydrogens (tertiary/aromatic N) is 3. The molecule has 2 fully saturated rings. The first-order chi connectivity index (χ1) is 16.1. The van der Waals surface area contributed by atoms with Crippen LogP contribution in [0.2, 0.25) is 0 Å². The minimum atomic E-state index is -0.663. The van der Waals surface area contributed by atoms with Crippen LogP contribution in [-0.2, 0) is 10.5 Å². The van der Waals surface area contributed by atoms with Gasteiger partial charge in [-0.15, -0.1) is 11.8 Å². The second-order valence-electron chi connectivity index (χ2n) is 8.89. The predicted octanol–water partition coefficient (Wildman–Crippen LogP) is 2.84. The van der Waals surface area contributed by atoms with Crippen LogP contribution >= 0.6 is 11.8 Å². The zero-order valence-corrected chi connectivity index (χ0v) is 18.5. The molecule has 3 atom stereocenters. The Morgan fingerprint density at radius 3 is 2.70 bits per heavy atom. The van der Waals surface area contributed by atoms with Crippen LogP contribution in [0.25, 0.3) is 0 Å². The Bertz CT molecular complexity index is 1340. The van der Waals surface area contributed by atoms with Crippen molar-refractivity contribution in [1.82, 2.24) is 9.58 Å². The van der Waals surface area contributed by atoms with Gasteiger partial charge in [-0.05, 0) is 22.8 Å². The van der Waals surface area contributed by atoms with Gasteiger partial charge in [0.15, 0.2) is 17.1 Å². The Morgan fingerprint density at radius 2 is 1.82 bits per heavy atom. The molecule has 1 aliphatic carbocycles. The molecular formula is C25H21N3O4S. The van der Waals surface area contributed by atoms with Crippen molar-refractivity contribution in [2.75, 3.05) is 18.2 Å². The zero-order valence-electron chi connectivity index (χ0n) is 17.7. The molecule has 1 saturated carbocycles. The standard InChI is InChI=1S/C25H21N3O4S/c29-18-9-10-27-22(23(18)30)24(31)26-11-12-32-20-13-25(20,26)28(27)21-16-6-2-1-5-15(16)14-33-19-8-4-3-7-17(19)21/h1-10,20-21,30H,11-14H2/t20-,21-,25-/m0/s1. The molecular weight excluding hydrogens is 438 g/mol. The second-order valence-corrected chi connectivity index (χ2v) is 9.91. The third kappa shape index (κ3) is 2.45. The van der Waals surface area contributed by atoms with E-state index in [1.54, 1.807) is 27.5 Å². The van der Waals surface area contributed by atoms with Crippen LogP contribution in [0.3, 0.4) is 0 Å². The third-order valence-electron chi connectivity index (χ3n) is 7.26. The van der Waals surface area contributed by atoms with E-state index in [1.807, 2.05) is 18.2 Å².